The van der Waals surface area contributed by atoms with Crippen LogP contribution in [0, 0.1) is 10.5 Å². The SMILES string of the molecule is C=C(CC)CC(N)c1cccc(C)c1I. The molecule has 2 N–H and O–H groups in total. The predicted molar refractivity (Wildman–Crippen MR) is 74.9 cm³/mol. The highest BCUT2D eigenvalue weighted by molar-refractivity contribution is 14.1. The summed E-state index contributed by atoms with van der Waals surface area (Å²) in [5.41, 5.74) is 9.94. The van der Waals surface area contributed by atoms with Crippen molar-refractivity contribution in [3.8, 4) is 0 Å². The quantitative estimate of drug-likeness (QED) is 0.661. The van der Waals surface area contributed by atoms with Crippen molar-refractivity contribution in [3.63, 3.8) is 0 Å². The Morgan fingerprint density at radius 1 is 1.53 bits per heavy atom. The molecule has 2 heteroatoms. The minimum Gasteiger partial charge on any atom is -0.324 e. The van der Waals surface area contributed by atoms with Gasteiger partial charge >= 0.3 is 0 Å². The summed E-state index contributed by atoms with van der Waals surface area (Å²) in [5.74, 6) is 0. The maximum absolute atomic E-state index is 6.18. The van der Waals surface area contributed by atoms with Gasteiger partial charge in [-0.3, -0.25) is 0 Å². The summed E-state index contributed by atoms with van der Waals surface area (Å²) in [6.45, 7) is 8.25. The van der Waals surface area contributed by atoms with Gasteiger partial charge in [0, 0.05) is 9.61 Å². The lowest BCUT2D eigenvalue weighted by molar-refractivity contribution is 0.697. The molecule has 0 amide bonds. The van der Waals surface area contributed by atoms with Gasteiger partial charge in [-0.25, -0.2) is 0 Å². The molecule has 1 nitrogen and oxygen atoms in total. The zero-order valence-electron chi connectivity index (χ0n) is 9.39. The summed E-state index contributed by atoms with van der Waals surface area (Å²) in [6, 6.07) is 6.39. The van der Waals surface area contributed by atoms with Crippen molar-refractivity contribution in [1.29, 1.82) is 0 Å². The zero-order chi connectivity index (χ0) is 11.4. The molecule has 0 saturated carbocycles. The van der Waals surface area contributed by atoms with Crippen LogP contribution >= 0.6 is 22.6 Å². The summed E-state index contributed by atoms with van der Waals surface area (Å²) in [4.78, 5) is 0. The molecular formula is C13H18IN. The molecule has 0 aliphatic heterocycles. The van der Waals surface area contributed by atoms with Crippen LogP contribution < -0.4 is 5.73 Å². The number of halogens is 1. The van der Waals surface area contributed by atoms with Crippen LogP contribution in [0.4, 0.5) is 0 Å². The van der Waals surface area contributed by atoms with E-state index in [-0.39, 0.29) is 6.04 Å². The van der Waals surface area contributed by atoms with Gasteiger partial charge in [0.1, 0.15) is 0 Å². The number of hydrogen-bond donors (Lipinski definition) is 1. The van der Waals surface area contributed by atoms with Crippen LogP contribution in [-0.4, -0.2) is 0 Å². The molecule has 1 atom stereocenters. The fraction of sp³-hybridized carbons (Fsp3) is 0.385. The van der Waals surface area contributed by atoms with Crippen molar-refractivity contribution >= 4 is 22.6 Å². The molecule has 0 spiro atoms. The Labute approximate surface area is 106 Å². The molecule has 1 aromatic rings. The summed E-state index contributed by atoms with van der Waals surface area (Å²) in [5, 5.41) is 0. The molecule has 0 fully saturated rings. The smallest absolute Gasteiger partial charge is 0.0343 e. The summed E-state index contributed by atoms with van der Waals surface area (Å²) in [7, 11) is 0. The maximum atomic E-state index is 6.18. The number of benzene rings is 1. The van der Waals surface area contributed by atoms with E-state index in [0.717, 1.165) is 12.8 Å². The Kier molecular flexibility index (Phi) is 4.80. The summed E-state index contributed by atoms with van der Waals surface area (Å²) < 4.78 is 1.28. The third-order valence-corrected chi connectivity index (χ3v) is 4.10. The topological polar surface area (TPSA) is 26.0 Å². The van der Waals surface area contributed by atoms with Crippen LogP contribution in [0.5, 0.6) is 0 Å². The van der Waals surface area contributed by atoms with E-state index in [1.54, 1.807) is 0 Å². The largest absolute Gasteiger partial charge is 0.324 e. The Morgan fingerprint density at radius 2 is 2.20 bits per heavy atom. The second kappa shape index (κ2) is 5.66. The molecule has 0 radical (unpaired) electrons. The Morgan fingerprint density at radius 3 is 2.80 bits per heavy atom. The van der Waals surface area contributed by atoms with Gasteiger partial charge in [-0.15, -0.1) is 0 Å². The highest BCUT2D eigenvalue weighted by Crippen LogP contribution is 2.25. The third kappa shape index (κ3) is 3.31. The predicted octanol–water partition coefficient (Wildman–Crippen LogP) is 3.96. The lowest BCUT2D eigenvalue weighted by Gasteiger charge is -2.16. The van der Waals surface area contributed by atoms with Crippen LogP contribution in [0.1, 0.15) is 36.9 Å². The van der Waals surface area contributed by atoms with Gasteiger partial charge < -0.3 is 5.73 Å². The van der Waals surface area contributed by atoms with E-state index in [4.69, 9.17) is 5.73 Å². The Balaban J connectivity index is 2.86. The second-order valence-corrected chi connectivity index (χ2v) is 4.97. The Bertz CT molecular complexity index is 358. The standard InChI is InChI=1S/C13H18IN/c1-4-9(2)8-12(15)11-7-5-6-10(3)13(11)14/h5-7,12H,2,4,8,15H2,1,3H3. The molecule has 1 rings (SSSR count). The maximum Gasteiger partial charge on any atom is 0.0343 e. The fourth-order valence-corrected chi connectivity index (χ4v) is 2.28. The minimum absolute atomic E-state index is 0.0873. The number of hydrogen-bond acceptors (Lipinski definition) is 1. The molecule has 0 aliphatic carbocycles. The minimum atomic E-state index is 0.0873. The van der Waals surface area contributed by atoms with E-state index in [1.807, 2.05) is 0 Å². The van der Waals surface area contributed by atoms with Gasteiger partial charge in [-0.05, 0) is 53.5 Å². The van der Waals surface area contributed by atoms with Crippen LogP contribution in [0.15, 0.2) is 30.4 Å². The monoisotopic (exact) mass is 315 g/mol. The third-order valence-electron chi connectivity index (χ3n) is 2.63. The summed E-state index contributed by atoms with van der Waals surface area (Å²) >= 11 is 2.37. The first kappa shape index (κ1) is 12.7. The van der Waals surface area contributed by atoms with Crippen molar-refractivity contribution in [2.75, 3.05) is 0 Å². The van der Waals surface area contributed by atoms with Gasteiger partial charge in [-0.2, -0.15) is 0 Å². The molecule has 0 saturated heterocycles. The van der Waals surface area contributed by atoms with Crippen LogP contribution in [0.2, 0.25) is 0 Å². The molecular weight excluding hydrogens is 297 g/mol. The number of aryl methyl sites for hydroxylation is 1. The van der Waals surface area contributed by atoms with Gasteiger partial charge in [-0.1, -0.05) is 37.3 Å². The summed E-state index contributed by atoms with van der Waals surface area (Å²) in [6.07, 6.45) is 1.89. The van der Waals surface area contributed by atoms with Gasteiger partial charge in [0.2, 0.25) is 0 Å². The van der Waals surface area contributed by atoms with Crippen molar-refractivity contribution < 1.29 is 0 Å². The molecule has 82 valence electrons. The first-order chi connectivity index (χ1) is 7.06. The Hall–Kier alpha value is -0.350. The zero-order valence-corrected chi connectivity index (χ0v) is 11.5. The molecule has 1 aromatic carbocycles. The van der Waals surface area contributed by atoms with Gasteiger partial charge in [0.15, 0.2) is 0 Å². The normalized spacial score (nSPS) is 12.5. The first-order valence-electron chi connectivity index (χ1n) is 5.23. The van der Waals surface area contributed by atoms with E-state index in [9.17, 15) is 0 Å². The lowest BCUT2D eigenvalue weighted by atomic mass is 9.98. The fourth-order valence-electron chi connectivity index (χ4n) is 1.52. The van der Waals surface area contributed by atoms with Crippen LogP contribution in [0.25, 0.3) is 0 Å². The van der Waals surface area contributed by atoms with E-state index < -0.39 is 0 Å². The highest BCUT2D eigenvalue weighted by atomic mass is 127. The van der Waals surface area contributed by atoms with Crippen molar-refractivity contribution in [2.24, 2.45) is 5.73 Å². The van der Waals surface area contributed by atoms with Crippen molar-refractivity contribution in [1.82, 2.24) is 0 Å². The second-order valence-electron chi connectivity index (χ2n) is 3.89. The molecule has 1 unspecified atom stereocenters. The van der Waals surface area contributed by atoms with E-state index in [1.165, 1.54) is 20.3 Å². The van der Waals surface area contributed by atoms with E-state index >= 15 is 0 Å². The number of nitrogens with two attached hydrogens (primary N) is 1. The van der Waals surface area contributed by atoms with E-state index in [2.05, 4.69) is 61.2 Å². The molecule has 0 aromatic heterocycles. The molecule has 0 aliphatic rings. The van der Waals surface area contributed by atoms with Crippen LogP contribution in [-0.2, 0) is 0 Å². The molecule has 0 bridgehead atoms. The van der Waals surface area contributed by atoms with E-state index in [0.29, 0.717) is 0 Å². The van der Waals surface area contributed by atoms with Gasteiger partial charge in [0.25, 0.3) is 0 Å². The molecule has 0 heterocycles. The first-order valence-corrected chi connectivity index (χ1v) is 6.31. The average molecular weight is 315 g/mol. The van der Waals surface area contributed by atoms with Crippen molar-refractivity contribution in [3.05, 3.63) is 45.0 Å². The van der Waals surface area contributed by atoms with Gasteiger partial charge in [0.05, 0.1) is 0 Å². The highest BCUT2D eigenvalue weighted by Gasteiger charge is 2.11. The lowest BCUT2D eigenvalue weighted by Crippen LogP contribution is -2.12. The average Bonchev–Trinajstić information content (AvgIpc) is 2.21. The van der Waals surface area contributed by atoms with Crippen molar-refractivity contribution in [2.45, 2.75) is 32.7 Å². The number of rotatable bonds is 4. The molecule has 15 heavy (non-hydrogen) atoms. The van der Waals surface area contributed by atoms with Crippen LogP contribution in [0.3, 0.4) is 0 Å².